The molecule has 0 radical (unpaired) electrons. The van der Waals surface area contributed by atoms with Crippen LogP contribution < -0.4 is 0 Å². The highest BCUT2D eigenvalue weighted by Crippen LogP contribution is 2.35. The molecule has 2 aromatic heterocycles. The van der Waals surface area contributed by atoms with Crippen LogP contribution in [0.5, 0.6) is 0 Å². The number of carbonyl (C=O) groups is 1. The average Bonchev–Trinajstić information content (AvgIpc) is 3.02. The van der Waals surface area contributed by atoms with Crippen molar-refractivity contribution in [2.24, 2.45) is 0 Å². The van der Waals surface area contributed by atoms with Crippen molar-refractivity contribution in [3.05, 3.63) is 34.0 Å². The first-order valence-electron chi connectivity index (χ1n) is 6.47. The van der Waals surface area contributed by atoms with E-state index in [1.807, 2.05) is 6.07 Å². The van der Waals surface area contributed by atoms with E-state index < -0.39 is 0 Å². The summed E-state index contributed by atoms with van der Waals surface area (Å²) in [5.74, 6) is 0. The van der Waals surface area contributed by atoms with Crippen LogP contribution in [-0.4, -0.2) is 6.29 Å². The lowest BCUT2D eigenvalue weighted by Gasteiger charge is -2.01. The third-order valence-corrected chi connectivity index (χ3v) is 5.16. The third kappa shape index (κ3) is 3.30. The molecule has 2 rings (SSSR count). The van der Waals surface area contributed by atoms with Gasteiger partial charge in [0.2, 0.25) is 0 Å². The van der Waals surface area contributed by atoms with E-state index >= 15 is 0 Å². The van der Waals surface area contributed by atoms with Gasteiger partial charge in [-0.1, -0.05) is 26.2 Å². The van der Waals surface area contributed by atoms with Gasteiger partial charge < -0.3 is 0 Å². The molecule has 0 amide bonds. The first kappa shape index (κ1) is 13.5. The number of unbranched alkanes of at least 4 members (excludes halogenated alkanes) is 3. The number of rotatable bonds is 7. The molecule has 2 heterocycles. The number of aryl methyl sites for hydroxylation is 1. The monoisotopic (exact) mass is 278 g/mol. The predicted octanol–water partition coefficient (Wildman–Crippen LogP) is 5.41. The van der Waals surface area contributed by atoms with E-state index in [0.29, 0.717) is 0 Å². The summed E-state index contributed by atoms with van der Waals surface area (Å²) in [6, 6.07) is 6.20. The molecule has 0 aromatic carbocycles. The van der Waals surface area contributed by atoms with Gasteiger partial charge in [0, 0.05) is 9.75 Å². The Morgan fingerprint density at radius 2 is 2.06 bits per heavy atom. The number of hydrogen-bond donors (Lipinski definition) is 0. The van der Waals surface area contributed by atoms with Crippen molar-refractivity contribution >= 4 is 29.0 Å². The Kier molecular flexibility index (Phi) is 5.14. The van der Waals surface area contributed by atoms with Crippen molar-refractivity contribution < 1.29 is 4.79 Å². The average molecular weight is 278 g/mol. The Labute approximate surface area is 116 Å². The second-order valence-corrected chi connectivity index (χ2v) is 6.44. The zero-order valence-electron chi connectivity index (χ0n) is 10.6. The van der Waals surface area contributed by atoms with Gasteiger partial charge in [0.25, 0.3) is 0 Å². The van der Waals surface area contributed by atoms with Gasteiger partial charge in [0.05, 0.1) is 4.88 Å². The zero-order valence-corrected chi connectivity index (χ0v) is 12.3. The lowest BCUT2D eigenvalue weighted by Crippen LogP contribution is -1.85. The molecule has 18 heavy (non-hydrogen) atoms. The normalized spacial score (nSPS) is 10.7. The van der Waals surface area contributed by atoms with Crippen LogP contribution in [0, 0.1) is 0 Å². The summed E-state index contributed by atoms with van der Waals surface area (Å²) in [5, 5.41) is 2.16. The topological polar surface area (TPSA) is 17.1 Å². The molecule has 0 aliphatic carbocycles. The summed E-state index contributed by atoms with van der Waals surface area (Å²) < 4.78 is 0. The Bertz CT molecular complexity index is 496. The number of carbonyl (C=O) groups excluding carboxylic acids is 1. The van der Waals surface area contributed by atoms with Gasteiger partial charge in [-0.3, -0.25) is 4.79 Å². The lowest BCUT2D eigenvalue weighted by molar-refractivity contribution is 0.112. The molecule has 0 unspecified atom stereocenters. The van der Waals surface area contributed by atoms with Crippen molar-refractivity contribution in [1.82, 2.24) is 0 Å². The Hall–Kier alpha value is -0.930. The maximum Gasteiger partial charge on any atom is 0.160 e. The van der Waals surface area contributed by atoms with Crippen LogP contribution in [0.4, 0.5) is 0 Å². The smallest absolute Gasteiger partial charge is 0.160 e. The van der Waals surface area contributed by atoms with Crippen LogP contribution in [0.1, 0.15) is 47.8 Å². The second kappa shape index (κ2) is 6.86. The first-order chi connectivity index (χ1) is 8.85. The number of hydrogen-bond acceptors (Lipinski definition) is 3. The second-order valence-electron chi connectivity index (χ2n) is 4.41. The van der Waals surface area contributed by atoms with Gasteiger partial charge in [0.1, 0.15) is 0 Å². The highest BCUT2D eigenvalue weighted by Gasteiger charge is 2.09. The Balaban J connectivity index is 2.05. The van der Waals surface area contributed by atoms with Crippen LogP contribution in [0.25, 0.3) is 9.75 Å². The molecule has 2 aromatic rings. The van der Waals surface area contributed by atoms with Crippen molar-refractivity contribution in [2.45, 2.75) is 39.0 Å². The third-order valence-electron chi connectivity index (χ3n) is 3.01. The van der Waals surface area contributed by atoms with Gasteiger partial charge in [0.15, 0.2) is 6.29 Å². The minimum atomic E-state index is 0.815. The maximum absolute atomic E-state index is 10.7. The molecule has 96 valence electrons. The minimum Gasteiger partial charge on any atom is -0.297 e. The SMILES string of the molecule is CCCCCCc1ccsc1-c1ccc(C=O)s1. The Morgan fingerprint density at radius 3 is 2.78 bits per heavy atom. The van der Waals surface area contributed by atoms with Crippen LogP contribution in [0.15, 0.2) is 23.6 Å². The molecular formula is C15H18OS2. The largest absolute Gasteiger partial charge is 0.297 e. The van der Waals surface area contributed by atoms with Crippen LogP contribution in [0.2, 0.25) is 0 Å². The fourth-order valence-corrected chi connectivity index (χ4v) is 3.97. The molecule has 1 nitrogen and oxygen atoms in total. The van der Waals surface area contributed by atoms with Crippen LogP contribution in [0.3, 0.4) is 0 Å². The van der Waals surface area contributed by atoms with Gasteiger partial charge in [-0.05, 0) is 42.0 Å². The quantitative estimate of drug-likeness (QED) is 0.489. The van der Waals surface area contributed by atoms with Crippen molar-refractivity contribution in [3.8, 4) is 9.75 Å². The summed E-state index contributed by atoms with van der Waals surface area (Å²) in [6.45, 7) is 2.24. The fraction of sp³-hybridized carbons (Fsp3) is 0.400. The minimum absolute atomic E-state index is 0.815. The van der Waals surface area contributed by atoms with Crippen molar-refractivity contribution in [3.63, 3.8) is 0 Å². The maximum atomic E-state index is 10.7. The molecule has 0 saturated heterocycles. The van der Waals surface area contributed by atoms with E-state index in [1.54, 1.807) is 22.7 Å². The van der Waals surface area contributed by atoms with Crippen LogP contribution in [-0.2, 0) is 6.42 Å². The number of aldehydes is 1. The highest BCUT2D eigenvalue weighted by molar-refractivity contribution is 7.22. The fourth-order valence-electron chi connectivity index (χ4n) is 2.03. The van der Waals surface area contributed by atoms with Crippen LogP contribution >= 0.6 is 22.7 Å². The van der Waals surface area contributed by atoms with E-state index in [2.05, 4.69) is 24.4 Å². The van der Waals surface area contributed by atoms with Gasteiger partial charge in [-0.15, -0.1) is 22.7 Å². The van der Waals surface area contributed by atoms with Gasteiger partial charge >= 0.3 is 0 Å². The lowest BCUT2D eigenvalue weighted by atomic mass is 10.1. The molecule has 3 heteroatoms. The van der Waals surface area contributed by atoms with Crippen molar-refractivity contribution in [1.29, 1.82) is 0 Å². The van der Waals surface area contributed by atoms with Crippen molar-refractivity contribution in [2.75, 3.05) is 0 Å². The van der Waals surface area contributed by atoms with E-state index in [0.717, 1.165) is 17.6 Å². The summed E-state index contributed by atoms with van der Waals surface area (Å²) in [4.78, 5) is 14.1. The standard InChI is InChI=1S/C15H18OS2/c1-2-3-4-5-6-12-9-10-17-15(12)14-8-7-13(11-16)18-14/h7-11H,2-6H2,1H3. The van der Waals surface area contributed by atoms with E-state index in [9.17, 15) is 4.79 Å². The van der Waals surface area contributed by atoms with E-state index in [4.69, 9.17) is 0 Å². The molecule has 0 saturated carbocycles. The molecule has 0 aliphatic rings. The zero-order chi connectivity index (χ0) is 12.8. The molecule has 0 aliphatic heterocycles. The van der Waals surface area contributed by atoms with E-state index in [-0.39, 0.29) is 0 Å². The van der Waals surface area contributed by atoms with Gasteiger partial charge in [-0.25, -0.2) is 0 Å². The summed E-state index contributed by atoms with van der Waals surface area (Å²) in [5.41, 5.74) is 1.44. The molecular weight excluding hydrogens is 260 g/mol. The molecule has 0 bridgehead atoms. The summed E-state index contributed by atoms with van der Waals surface area (Å²) in [7, 11) is 0. The summed E-state index contributed by atoms with van der Waals surface area (Å²) in [6.07, 6.45) is 7.28. The van der Waals surface area contributed by atoms with Gasteiger partial charge in [-0.2, -0.15) is 0 Å². The Morgan fingerprint density at radius 1 is 1.17 bits per heavy atom. The number of thiophene rings is 2. The molecule has 0 atom stereocenters. The predicted molar refractivity (Wildman–Crippen MR) is 80.9 cm³/mol. The molecule has 0 N–H and O–H groups in total. The first-order valence-corrected chi connectivity index (χ1v) is 8.16. The molecule has 0 spiro atoms. The summed E-state index contributed by atoms with van der Waals surface area (Å²) >= 11 is 3.38. The van der Waals surface area contributed by atoms with E-state index in [1.165, 1.54) is 41.0 Å². The highest BCUT2D eigenvalue weighted by atomic mass is 32.1. The molecule has 0 fully saturated rings.